The maximum absolute atomic E-state index is 13.8. The van der Waals surface area contributed by atoms with Crippen LogP contribution >= 0.6 is 23.4 Å². The zero-order chi connectivity index (χ0) is 16.4. The van der Waals surface area contributed by atoms with E-state index in [1.165, 1.54) is 18.2 Å². The van der Waals surface area contributed by atoms with Crippen molar-refractivity contribution in [1.29, 1.82) is 0 Å². The molecule has 2 aliphatic rings. The van der Waals surface area contributed by atoms with Gasteiger partial charge >= 0.3 is 0 Å². The van der Waals surface area contributed by atoms with Gasteiger partial charge in [-0.1, -0.05) is 11.6 Å². The average molecular weight is 358 g/mol. The molecule has 0 bridgehead atoms. The second kappa shape index (κ2) is 7.07. The van der Waals surface area contributed by atoms with Crippen LogP contribution in [-0.4, -0.2) is 65.5 Å². The minimum absolute atomic E-state index is 0.0221. The second-order valence-corrected chi connectivity index (χ2v) is 6.98. The number of carbonyl (C=O) groups is 2. The van der Waals surface area contributed by atoms with Gasteiger partial charge < -0.3 is 9.80 Å². The van der Waals surface area contributed by atoms with E-state index in [-0.39, 0.29) is 23.4 Å². The SMILES string of the molecule is O=C(c1cc(Cl)ccc1F)N1CCN(C(=O)C2CSCN2)CC1. The van der Waals surface area contributed by atoms with E-state index in [2.05, 4.69) is 5.32 Å². The van der Waals surface area contributed by atoms with Crippen LogP contribution in [0.5, 0.6) is 0 Å². The molecule has 2 saturated heterocycles. The summed E-state index contributed by atoms with van der Waals surface area (Å²) in [6.45, 7) is 1.73. The topological polar surface area (TPSA) is 52.7 Å². The Morgan fingerprint density at radius 1 is 1.22 bits per heavy atom. The summed E-state index contributed by atoms with van der Waals surface area (Å²) in [7, 11) is 0. The minimum atomic E-state index is -0.579. The number of halogens is 2. The third kappa shape index (κ3) is 3.62. The molecule has 0 saturated carbocycles. The number of hydrogen-bond acceptors (Lipinski definition) is 4. The van der Waals surface area contributed by atoms with Crippen LogP contribution in [0.25, 0.3) is 0 Å². The lowest BCUT2D eigenvalue weighted by Crippen LogP contribution is -2.54. The largest absolute Gasteiger partial charge is 0.338 e. The molecular weight excluding hydrogens is 341 g/mol. The predicted octanol–water partition coefficient (Wildman–Crippen LogP) is 1.43. The quantitative estimate of drug-likeness (QED) is 0.870. The van der Waals surface area contributed by atoms with Crippen molar-refractivity contribution < 1.29 is 14.0 Å². The van der Waals surface area contributed by atoms with Crippen molar-refractivity contribution in [1.82, 2.24) is 15.1 Å². The van der Waals surface area contributed by atoms with Gasteiger partial charge in [0.1, 0.15) is 5.82 Å². The monoisotopic (exact) mass is 357 g/mol. The molecule has 0 aliphatic carbocycles. The molecule has 1 N–H and O–H groups in total. The number of carbonyl (C=O) groups excluding carboxylic acids is 2. The summed E-state index contributed by atoms with van der Waals surface area (Å²) in [6, 6.07) is 3.82. The Morgan fingerprint density at radius 3 is 2.57 bits per heavy atom. The maximum Gasteiger partial charge on any atom is 0.257 e. The molecule has 2 amide bonds. The van der Waals surface area contributed by atoms with Gasteiger partial charge in [-0.2, -0.15) is 0 Å². The summed E-state index contributed by atoms with van der Waals surface area (Å²) >= 11 is 7.54. The zero-order valence-corrected chi connectivity index (χ0v) is 14.0. The number of piperazine rings is 1. The molecule has 23 heavy (non-hydrogen) atoms. The second-order valence-electron chi connectivity index (χ2n) is 5.51. The lowest BCUT2D eigenvalue weighted by atomic mass is 10.1. The molecule has 0 aromatic heterocycles. The highest BCUT2D eigenvalue weighted by atomic mass is 35.5. The first kappa shape index (κ1) is 16.5. The first-order chi connectivity index (χ1) is 11.1. The molecule has 2 fully saturated rings. The molecule has 1 aromatic rings. The van der Waals surface area contributed by atoms with Gasteiger partial charge in [-0.25, -0.2) is 4.39 Å². The normalized spacial score (nSPS) is 21.6. The Hall–Kier alpha value is -1.31. The van der Waals surface area contributed by atoms with Crippen molar-refractivity contribution in [2.45, 2.75) is 6.04 Å². The molecule has 8 heteroatoms. The van der Waals surface area contributed by atoms with E-state index in [0.717, 1.165) is 11.6 Å². The molecule has 1 aromatic carbocycles. The summed E-state index contributed by atoms with van der Waals surface area (Å²) < 4.78 is 13.8. The van der Waals surface area contributed by atoms with Gasteiger partial charge in [0.15, 0.2) is 0 Å². The van der Waals surface area contributed by atoms with Crippen molar-refractivity contribution in [3.63, 3.8) is 0 Å². The molecule has 124 valence electrons. The van der Waals surface area contributed by atoms with Gasteiger partial charge in [0.2, 0.25) is 5.91 Å². The highest BCUT2D eigenvalue weighted by molar-refractivity contribution is 7.99. The fourth-order valence-electron chi connectivity index (χ4n) is 2.74. The van der Waals surface area contributed by atoms with Gasteiger partial charge in [-0.3, -0.25) is 14.9 Å². The van der Waals surface area contributed by atoms with Gasteiger partial charge in [0.05, 0.1) is 11.6 Å². The highest BCUT2D eigenvalue weighted by Gasteiger charge is 2.31. The molecule has 2 aliphatic heterocycles. The van der Waals surface area contributed by atoms with Crippen molar-refractivity contribution in [2.24, 2.45) is 0 Å². The molecule has 1 unspecified atom stereocenters. The van der Waals surface area contributed by atoms with E-state index in [0.29, 0.717) is 31.2 Å². The van der Waals surface area contributed by atoms with Gasteiger partial charge in [-0.15, -0.1) is 11.8 Å². The van der Waals surface area contributed by atoms with Crippen molar-refractivity contribution in [3.05, 3.63) is 34.6 Å². The average Bonchev–Trinajstić information content (AvgIpc) is 3.10. The summed E-state index contributed by atoms with van der Waals surface area (Å²) in [5.41, 5.74) is -0.0221. The third-order valence-corrected chi connectivity index (χ3v) is 5.23. The first-order valence-corrected chi connectivity index (χ1v) is 8.94. The van der Waals surface area contributed by atoms with Crippen molar-refractivity contribution in [2.75, 3.05) is 37.8 Å². The Labute approximate surface area is 143 Å². The number of amides is 2. The Morgan fingerprint density at radius 2 is 1.91 bits per heavy atom. The number of nitrogens with one attached hydrogen (secondary N) is 1. The maximum atomic E-state index is 13.8. The molecule has 5 nitrogen and oxygen atoms in total. The van der Waals surface area contributed by atoms with Gasteiger partial charge in [0.25, 0.3) is 5.91 Å². The van der Waals surface area contributed by atoms with Crippen LogP contribution in [-0.2, 0) is 4.79 Å². The van der Waals surface area contributed by atoms with Gasteiger partial charge in [-0.05, 0) is 18.2 Å². The molecule has 0 radical (unpaired) electrons. The first-order valence-electron chi connectivity index (χ1n) is 7.40. The van der Waals surface area contributed by atoms with Crippen LogP contribution in [0.15, 0.2) is 18.2 Å². The Balaban J connectivity index is 1.61. The van der Waals surface area contributed by atoms with Crippen LogP contribution in [0, 0.1) is 5.82 Å². The standard InChI is InChI=1S/C15H17ClFN3O2S/c16-10-1-2-12(17)11(7-10)14(21)19-3-5-20(6-4-19)15(22)13-8-23-9-18-13/h1-2,7,13,18H,3-6,8-9H2. The Bertz CT molecular complexity index is 617. The van der Waals surface area contributed by atoms with Crippen molar-refractivity contribution in [3.8, 4) is 0 Å². The van der Waals surface area contributed by atoms with E-state index in [1.54, 1.807) is 21.6 Å². The lowest BCUT2D eigenvalue weighted by molar-refractivity contribution is -0.134. The smallest absolute Gasteiger partial charge is 0.257 e. The van der Waals surface area contributed by atoms with Crippen LogP contribution in [0.2, 0.25) is 5.02 Å². The number of thioether (sulfide) groups is 1. The number of nitrogens with zero attached hydrogens (tertiary/aromatic N) is 2. The lowest BCUT2D eigenvalue weighted by Gasteiger charge is -2.36. The number of benzene rings is 1. The molecule has 1 atom stereocenters. The minimum Gasteiger partial charge on any atom is -0.338 e. The van der Waals surface area contributed by atoms with Crippen LogP contribution < -0.4 is 5.32 Å². The third-order valence-electron chi connectivity index (χ3n) is 4.05. The number of rotatable bonds is 2. The molecule has 3 rings (SSSR count). The summed E-state index contributed by atoms with van der Waals surface area (Å²) in [5, 5.41) is 3.48. The predicted molar refractivity (Wildman–Crippen MR) is 88.1 cm³/mol. The summed E-state index contributed by atoms with van der Waals surface area (Å²) in [4.78, 5) is 28.1. The van der Waals surface area contributed by atoms with E-state index >= 15 is 0 Å². The van der Waals surface area contributed by atoms with Gasteiger partial charge in [0, 0.05) is 42.8 Å². The fraction of sp³-hybridized carbons (Fsp3) is 0.467. The summed E-state index contributed by atoms with van der Waals surface area (Å²) in [5.74, 6) is 0.696. The van der Waals surface area contributed by atoms with Crippen molar-refractivity contribution >= 4 is 35.2 Å². The van der Waals surface area contributed by atoms with Crippen LogP contribution in [0.4, 0.5) is 4.39 Å². The molecule has 0 spiro atoms. The van der Waals surface area contributed by atoms with E-state index in [4.69, 9.17) is 11.6 Å². The highest BCUT2D eigenvalue weighted by Crippen LogP contribution is 2.18. The van der Waals surface area contributed by atoms with Crippen LogP contribution in [0.1, 0.15) is 10.4 Å². The zero-order valence-electron chi connectivity index (χ0n) is 12.4. The van der Waals surface area contributed by atoms with E-state index in [1.807, 2.05) is 0 Å². The van der Waals surface area contributed by atoms with E-state index < -0.39 is 5.82 Å². The van der Waals surface area contributed by atoms with E-state index in [9.17, 15) is 14.0 Å². The Kier molecular flexibility index (Phi) is 5.08. The summed E-state index contributed by atoms with van der Waals surface area (Å²) in [6.07, 6.45) is 0. The number of hydrogen-bond donors (Lipinski definition) is 1. The molecule has 2 heterocycles. The molecular formula is C15H17ClFN3O2S. The van der Waals surface area contributed by atoms with Crippen LogP contribution in [0.3, 0.4) is 0 Å². The fourth-order valence-corrected chi connectivity index (χ4v) is 3.84.